The van der Waals surface area contributed by atoms with Gasteiger partial charge in [0.25, 0.3) is 0 Å². The van der Waals surface area contributed by atoms with Crippen LogP contribution in [0.5, 0.6) is 0 Å². The predicted molar refractivity (Wildman–Crippen MR) is 40.9 cm³/mol. The van der Waals surface area contributed by atoms with E-state index in [1.807, 2.05) is 0 Å². The third-order valence-electron chi connectivity index (χ3n) is 1.34. The smallest absolute Gasteiger partial charge is 0.0265 e. The topological polar surface area (TPSA) is 61.4 Å². The fourth-order valence-electron chi connectivity index (χ4n) is 0.709. The average molecular weight is 143 g/mol. The van der Waals surface area contributed by atoms with Gasteiger partial charge in [-0.3, -0.25) is 0 Å². The SMILES string of the molecule is CN=C([O-])CCCCCN. The largest absolute Gasteiger partial charge is 0.862 e. The maximum atomic E-state index is 10.6. The quantitative estimate of drug-likeness (QED) is 0.332. The van der Waals surface area contributed by atoms with Crippen LogP contribution in [0.1, 0.15) is 25.7 Å². The summed E-state index contributed by atoms with van der Waals surface area (Å²) in [6.07, 6.45) is 3.55. The zero-order valence-electron chi connectivity index (χ0n) is 6.47. The number of nitrogens with zero attached hydrogens (tertiary/aromatic N) is 1. The molecule has 0 radical (unpaired) electrons. The normalized spacial score (nSPS) is 12.0. The average Bonchev–Trinajstić information content (AvgIpc) is 1.98. The maximum Gasteiger partial charge on any atom is 0.0265 e. The van der Waals surface area contributed by atoms with E-state index in [4.69, 9.17) is 5.73 Å². The minimum Gasteiger partial charge on any atom is -0.862 e. The molecule has 0 fully saturated rings. The number of aliphatic imine (C=N–C) groups is 1. The molecule has 3 heteroatoms. The van der Waals surface area contributed by atoms with Crippen molar-refractivity contribution in [2.24, 2.45) is 10.7 Å². The highest BCUT2D eigenvalue weighted by Gasteiger charge is 1.86. The monoisotopic (exact) mass is 143 g/mol. The van der Waals surface area contributed by atoms with E-state index in [1.165, 1.54) is 7.05 Å². The van der Waals surface area contributed by atoms with Crippen LogP contribution in [0.4, 0.5) is 0 Å². The third-order valence-corrected chi connectivity index (χ3v) is 1.34. The molecule has 10 heavy (non-hydrogen) atoms. The van der Waals surface area contributed by atoms with E-state index in [1.54, 1.807) is 0 Å². The first-order chi connectivity index (χ1) is 4.81. The van der Waals surface area contributed by atoms with Gasteiger partial charge >= 0.3 is 0 Å². The van der Waals surface area contributed by atoms with Crippen LogP contribution < -0.4 is 10.8 Å². The van der Waals surface area contributed by atoms with E-state index in [-0.39, 0.29) is 5.90 Å². The number of nitrogens with two attached hydrogens (primary N) is 1. The first-order valence-corrected chi connectivity index (χ1v) is 3.64. The molecule has 0 aliphatic heterocycles. The van der Waals surface area contributed by atoms with Gasteiger partial charge in [0.05, 0.1) is 0 Å². The standard InChI is InChI=1S/C7H16N2O/c1-9-7(10)5-3-2-4-6-8/h2-6,8H2,1H3,(H,9,10)/p-1. The van der Waals surface area contributed by atoms with Crippen LogP contribution in [0.25, 0.3) is 0 Å². The van der Waals surface area contributed by atoms with Crippen LogP contribution in [0, 0.1) is 0 Å². The molecule has 0 aromatic heterocycles. The first-order valence-electron chi connectivity index (χ1n) is 3.64. The summed E-state index contributed by atoms with van der Waals surface area (Å²) in [6, 6.07) is 0. The van der Waals surface area contributed by atoms with Gasteiger partial charge in [0, 0.05) is 7.05 Å². The molecule has 0 aromatic carbocycles. The summed E-state index contributed by atoms with van der Waals surface area (Å²) in [7, 11) is 1.53. The summed E-state index contributed by atoms with van der Waals surface area (Å²) in [5.74, 6) is -0.00276. The lowest BCUT2D eigenvalue weighted by atomic mass is 10.2. The molecule has 0 saturated heterocycles. The lowest BCUT2D eigenvalue weighted by Gasteiger charge is -2.07. The van der Waals surface area contributed by atoms with Crippen LogP contribution in [0.2, 0.25) is 0 Å². The van der Waals surface area contributed by atoms with Crippen molar-refractivity contribution in [3.05, 3.63) is 0 Å². The van der Waals surface area contributed by atoms with Crippen molar-refractivity contribution in [3.63, 3.8) is 0 Å². The summed E-state index contributed by atoms with van der Waals surface area (Å²) in [5, 5.41) is 10.6. The van der Waals surface area contributed by atoms with Gasteiger partial charge in [0.2, 0.25) is 0 Å². The molecular weight excluding hydrogens is 128 g/mol. The Kier molecular flexibility index (Phi) is 6.18. The second kappa shape index (κ2) is 6.55. The number of rotatable bonds is 5. The zero-order valence-corrected chi connectivity index (χ0v) is 6.47. The molecule has 0 aliphatic carbocycles. The predicted octanol–water partition coefficient (Wildman–Crippen LogP) is -0.106. The van der Waals surface area contributed by atoms with Gasteiger partial charge < -0.3 is 15.8 Å². The van der Waals surface area contributed by atoms with E-state index in [2.05, 4.69) is 4.99 Å². The second-order valence-electron chi connectivity index (χ2n) is 2.22. The minimum atomic E-state index is -0.00276. The van der Waals surface area contributed by atoms with E-state index in [0.717, 1.165) is 25.8 Å². The Morgan fingerprint density at radius 2 is 2.10 bits per heavy atom. The third kappa shape index (κ3) is 5.56. The molecule has 0 unspecified atom stereocenters. The summed E-state index contributed by atoms with van der Waals surface area (Å²) in [6.45, 7) is 0.720. The molecule has 0 heterocycles. The maximum absolute atomic E-state index is 10.6. The van der Waals surface area contributed by atoms with E-state index < -0.39 is 0 Å². The Bertz CT molecular complexity index is 102. The lowest BCUT2D eigenvalue weighted by Crippen LogP contribution is -2.16. The van der Waals surface area contributed by atoms with Gasteiger partial charge in [-0.05, 0) is 31.7 Å². The molecule has 2 N–H and O–H groups in total. The summed E-state index contributed by atoms with van der Waals surface area (Å²) < 4.78 is 0. The van der Waals surface area contributed by atoms with Crippen molar-refractivity contribution >= 4 is 5.90 Å². The Balaban J connectivity index is 3.04. The van der Waals surface area contributed by atoms with Crippen molar-refractivity contribution in [3.8, 4) is 0 Å². The molecule has 3 nitrogen and oxygen atoms in total. The van der Waals surface area contributed by atoms with Crippen LogP contribution in [-0.4, -0.2) is 19.5 Å². The van der Waals surface area contributed by atoms with E-state index in [9.17, 15) is 5.11 Å². The Labute approximate surface area is 62.0 Å². The molecule has 0 bridgehead atoms. The van der Waals surface area contributed by atoms with Crippen molar-refractivity contribution < 1.29 is 5.11 Å². The molecule has 0 aliphatic rings. The highest BCUT2D eigenvalue weighted by Crippen LogP contribution is 1.97. The van der Waals surface area contributed by atoms with Crippen molar-refractivity contribution in [2.75, 3.05) is 13.6 Å². The van der Waals surface area contributed by atoms with Crippen LogP contribution in [0.15, 0.2) is 4.99 Å². The molecule has 0 saturated carbocycles. The second-order valence-corrected chi connectivity index (χ2v) is 2.22. The van der Waals surface area contributed by atoms with Gasteiger partial charge in [-0.25, -0.2) is 0 Å². The van der Waals surface area contributed by atoms with E-state index in [0.29, 0.717) is 6.42 Å². The minimum absolute atomic E-state index is 0.00276. The number of unbranched alkanes of at least 4 members (excludes halogenated alkanes) is 2. The van der Waals surface area contributed by atoms with Gasteiger partial charge in [-0.2, -0.15) is 0 Å². The van der Waals surface area contributed by atoms with Crippen LogP contribution in [-0.2, 0) is 0 Å². The first kappa shape index (κ1) is 9.43. The van der Waals surface area contributed by atoms with Crippen LogP contribution >= 0.6 is 0 Å². The number of hydrogen-bond donors (Lipinski definition) is 1. The summed E-state index contributed by atoms with van der Waals surface area (Å²) in [5.41, 5.74) is 5.27. The zero-order chi connectivity index (χ0) is 7.82. The number of hydrogen-bond acceptors (Lipinski definition) is 3. The van der Waals surface area contributed by atoms with Gasteiger partial charge in [0.1, 0.15) is 0 Å². The molecule has 0 amide bonds. The highest BCUT2D eigenvalue weighted by molar-refractivity contribution is 5.70. The lowest BCUT2D eigenvalue weighted by molar-refractivity contribution is -0.219. The van der Waals surface area contributed by atoms with Crippen molar-refractivity contribution in [2.45, 2.75) is 25.7 Å². The summed E-state index contributed by atoms with van der Waals surface area (Å²) in [4.78, 5) is 3.52. The Morgan fingerprint density at radius 1 is 1.40 bits per heavy atom. The van der Waals surface area contributed by atoms with Gasteiger partial charge in [-0.15, -0.1) is 0 Å². The molecule has 0 spiro atoms. The fraction of sp³-hybridized carbons (Fsp3) is 0.857. The Hall–Kier alpha value is -0.570. The van der Waals surface area contributed by atoms with E-state index >= 15 is 0 Å². The van der Waals surface area contributed by atoms with Gasteiger partial charge in [-0.1, -0.05) is 6.42 Å². The van der Waals surface area contributed by atoms with Crippen molar-refractivity contribution in [1.82, 2.24) is 0 Å². The molecule has 60 valence electrons. The molecular formula is C7H15N2O-. The Morgan fingerprint density at radius 3 is 2.60 bits per heavy atom. The van der Waals surface area contributed by atoms with Crippen LogP contribution in [0.3, 0.4) is 0 Å². The fourth-order valence-corrected chi connectivity index (χ4v) is 0.709. The molecule has 0 atom stereocenters. The summed E-state index contributed by atoms with van der Waals surface area (Å²) >= 11 is 0. The molecule has 0 rings (SSSR count). The highest BCUT2D eigenvalue weighted by atomic mass is 16.3. The van der Waals surface area contributed by atoms with Gasteiger partial charge in [0.15, 0.2) is 0 Å². The molecule has 0 aromatic rings. The van der Waals surface area contributed by atoms with Crippen molar-refractivity contribution in [1.29, 1.82) is 0 Å².